The molecule has 95 valence electrons. The maximum atomic E-state index is 9.32. The summed E-state index contributed by atoms with van der Waals surface area (Å²) in [6, 6.07) is 6.66. The van der Waals surface area contributed by atoms with Crippen LogP contribution in [0.25, 0.3) is 0 Å². The average molecular weight is 242 g/mol. The zero-order chi connectivity index (χ0) is 13.1. The van der Waals surface area contributed by atoms with Crippen LogP contribution < -0.4 is 10.6 Å². The summed E-state index contributed by atoms with van der Waals surface area (Å²) in [5.41, 5.74) is 10.2. The number of fused-ring (bicyclic) bond motifs is 1. The molecule has 0 bridgehead atoms. The molecule has 3 heteroatoms. The molecule has 2 rings (SSSR count). The largest absolute Gasteiger partial charge is 0.370 e. The van der Waals surface area contributed by atoms with Gasteiger partial charge in [0.15, 0.2) is 0 Å². The van der Waals surface area contributed by atoms with Gasteiger partial charge in [-0.05, 0) is 43.4 Å². The Morgan fingerprint density at radius 2 is 2.33 bits per heavy atom. The van der Waals surface area contributed by atoms with Crippen molar-refractivity contribution < 1.29 is 0 Å². The smallest absolute Gasteiger partial charge is 0.101 e. The van der Waals surface area contributed by atoms with E-state index in [0.29, 0.717) is 0 Å². The molecular weight excluding hydrogens is 222 g/mol. The first-order valence-electron chi connectivity index (χ1n) is 6.51. The Bertz CT molecular complexity index is 471. The van der Waals surface area contributed by atoms with Crippen molar-refractivity contribution in [1.29, 1.82) is 5.26 Å². The third kappa shape index (κ3) is 2.49. The average Bonchev–Trinajstić information content (AvgIpc) is 2.71. The number of nitriles is 1. The molecule has 1 aromatic rings. The van der Waals surface area contributed by atoms with Crippen molar-refractivity contribution in [3.63, 3.8) is 0 Å². The molecule has 3 nitrogen and oxygen atoms in total. The molecule has 0 saturated carbocycles. The molecule has 1 aliphatic rings. The van der Waals surface area contributed by atoms with Gasteiger partial charge in [-0.3, -0.25) is 0 Å². The Hall–Kier alpha value is -1.53. The predicted molar refractivity (Wildman–Crippen MR) is 74.4 cm³/mol. The quantitative estimate of drug-likeness (QED) is 0.879. The van der Waals surface area contributed by atoms with Gasteiger partial charge in [0.05, 0.1) is 11.3 Å². The Labute approximate surface area is 109 Å². The van der Waals surface area contributed by atoms with Crippen LogP contribution in [0.2, 0.25) is 0 Å². The van der Waals surface area contributed by atoms with Crippen molar-refractivity contribution in [2.45, 2.75) is 32.2 Å². The van der Waals surface area contributed by atoms with E-state index in [4.69, 9.17) is 5.73 Å². The minimum absolute atomic E-state index is 0.131. The lowest BCUT2D eigenvalue weighted by Crippen LogP contribution is -2.22. The number of nitrogens with zero attached hydrogens (tertiary/aromatic N) is 2. The molecule has 18 heavy (non-hydrogen) atoms. The van der Waals surface area contributed by atoms with Gasteiger partial charge in [-0.2, -0.15) is 5.26 Å². The van der Waals surface area contributed by atoms with Gasteiger partial charge < -0.3 is 10.6 Å². The van der Waals surface area contributed by atoms with Crippen molar-refractivity contribution in [1.82, 2.24) is 0 Å². The van der Waals surface area contributed by atoms with E-state index >= 15 is 0 Å². The molecule has 2 N–H and O–H groups in total. The molecule has 1 radical (unpaired) electrons. The second-order valence-corrected chi connectivity index (χ2v) is 5.03. The third-order valence-electron chi connectivity index (χ3n) is 3.32. The molecule has 0 saturated heterocycles. The molecule has 0 aromatic heterocycles. The minimum atomic E-state index is 0.131. The standard InChI is InChI=1S/C15H20N3/c1-3-5-18-6-4-13-8-12(7-11(2)17)9-14(10-16)15(13)18/h8-9,11H,1,3-7,17H2,2H3. The van der Waals surface area contributed by atoms with E-state index < -0.39 is 0 Å². The monoisotopic (exact) mass is 242 g/mol. The molecule has 1 unspecified atom stereocenters. The van der Waals surface area contributed by atoms with Crippen molar-refractivity contribution in [2.75, 3.05) is 18.0 Å². The van der Waals surface area contributed by atoms with Crippen LogP contribution in [0.3, 0.4) is 0 Å². The zero-order valence-corrected chi connectivity index (χ0v) is 10.9. The Morgan fingerprint density at radius 1 is 1.56 bits per heavy atom. The van der Waals surface area contributed by atoms with E-state index in [1.165, 1.54) is 11.1 Å². The van der Waals surface area contributed by atoms with Crippen molar-refractivity contribution in [3.05, 3.63) is 35.7 Å². The summed E-state index contributed by atoms with van der Waals surface area (Å²) < 4.78 is 0. The molecule has 1 aromatic carbocycles. The number of anilines is 1. The van der Waals surface area contributed by atoms with Gasteiger partial charge >= 0.3 is 0 Å². The van der Waals surface area contributed by atoms with Crippen LogP contribution in [0.1, 0.15) is 30.0 Å². The van der Waals surface area contributed by atoms with Gasteiger partial charge in [0, 0.05) is 19.1 Å². The van der Waals surface area contributed by atoms with Crippen molar-refractivity contribution in [3.8, 4) is 6.07 Å². The maximum Gasteiger partial charge on any atom is 0.101 e. The summed E-state index contributed by atoms with van der Waals surface area (Å²) in [4.78, 5) is 2.27. The highest BCUT2D eigenvalue weighted by atomic mass is 15.1. The molecule has 0 aliphatic carbocycles. The molecule has 0 fully saturated rings. The highest BCUT2D eigenvalue weighted by molar-refractivity contribution is 5.68. The first kappa shape index (κ1) is 12.9. The third-order valence-corrected chi connectivity index (χ3v) is 3.32. The number of hydrogen-bond acceptors (Lipinski definition) is 3. The van der Waals surface area contributed by atoms with Gasteiger partial charge in [-0.25, -0.2) is 0 Å². The van der Waals surface area contributed by atoms with E-state index in [-0.39, 0.29) is 6.04 Å². The number of rotatable bonds is 4. The van der Waals surface area contributed by atoms with E-state index in [2.05, 4.69) is 24.0 Å². The van der Waals surface area contributed by atoms with Crippen LogP contribution in [0, 0.1) is 18.3 Å². The van der Waals surface area contributed by atoms with Crippen LogP contribution in [-0.4, -0.2) is 19.1 Å². The summed E-state index contributed by atoms with van der Waals surface area (Å²) in [5.74, 6) is 0. The molecule has 1 heterocycles. The summed E-state index contributed by atoms with van der Waals surface area (Å²) in [6.45, 7) is 7.81. The van der Waals surface area contributed by atoms with Crippen molar-refractivity contribution in [2.24, 2.45) is 5.73 Å². The number of nitrogens with two attached hydrogens (primary N) is 1. The summed E-state index contributed by atoms with van der Waals surface area (Å²) in [5, 5.41) is 9.32. The Kier molecular flexibility index (Phi) is 3.88. The summed E-state index contributed by atoms with van der Waals surface area (Å²) in [7, 11) is 0. The van der Waals surface area contributed by atoms with Crippen LogP contribution in [-0.2, 0) is 12.8 Å². The summed E-state index contributed by atoms with van der Waals surface area (Å²) in [6.07, 6.45) is 2.72. The van der Waals surface area contributed by atoms with Crippen molar-refractivity contribution >= 4 is 5.69 Å². The molecule has 0 spiro atoms. The highest BCUT2D eigenvalue weighted by Crippen LogP contribution is 2.33. The number of benzene rings is 1. The summed E-state index contributed by atoms with van der Waals surface area (Å²) >= 11 is 0. The predicted octanol–water partition coefficient (Wildman–Crippen LogP) is 2.03. The lowest BCUT2D eigenvalue weighted by molar-refractivity contribution is 0.737. The topological polar surface area (TPSA) is 53.0 Å². The van der Waals surface area contributed by atoms with Crippen LogP contribution in [0.4, 0.5) is 5.69 Å². The van der Waals surface area contributed by atoms with Gasteiger partial charge in [0.2, 0.25) is 0 Å². The Morgan fingerprint density at radius 3 is 2.94 bits per heavy atom. The second-order valence-electron chi connectivity index (χ2n) is 5.03. The van der Waals surface area contributed by atoms with Crippen LogP contribution >= 0.6 is 0 Å². The van der Waals surface area contributed by atoms with Gasteiger partial charge in [0.1, 0.15) is 6.07 Å². The fourth-order valence-electron chi connectivity index (χ4n) is 2.68. The minimum Gasteiger partial charge on any atom is -0.370 e. The fourth-order valence-corrected chi connectivity index (χ4v) is 2.68. The fraction of sp³-hybridized carbons (Fsp3) is 0.467. The first-order chi connectivity index (χ1) is 8.65. The van der Waals surface area contributed by atoms with E-state index in [1.807, 2.05) is 13.0 Å². The van der Waals surface area contributed by atoms with E-state index in [0.717, 1.165) is 43.6 Å². The maximum absolute atomic E-state index is 9.32. The highest BCUT2D eigenvalue weighted by Gasteiger charge is 2.22. The van der Waals surface area contributed by atoms with E-state index in [9.17, 15) is 5.26 Å². The van der Waals surface area contributed by atoms with Gasteiger partial charge in [-0.15, -0.1) is 0 Å². The lowest BCUT2D eigenvalue weighted by atomic mass is 9.99. The normalized spacial score (nSPS) is 15.3. The first-order valence-corrected chi connectivity index (χ1v) is 6.51. The Balaban J connectivity index is 2.37. The molecule has 1 atom stereocenters. The lowest BCUT2D eigenvalue weighted by Gasteiger charge is -2.20. The van der Waals surface area contributed by atoms with E-state index in [1.54, 1.807) is 0 Å². The van der Waals surface area contributed by atoms with Gasteiger partial charge in [0.25, 0.3) is 0 Å². The van der Waals surface area contributed by atoms with Crippen LogP contribution in [0.5, 0.6) is 0 Å². The zero-order valence-electron chi connectivity index (χ0n) is 10.9. The molecule has 0 amide bonds. The van der Waals surface area contributed by atoms with Gasteiger partial charge in [-0.1, -0.05) is 13.0 Å². The SMILES string of the molecule is [CH2]CCN1CCc2cc(CC(C)N)cc(C#N)c21. The second kappa shape index (κ2) is 5.41. The van der Waals surface area contributed by atoms with Crippen LogP contribution in [0.15, 0.2) is 12.1 Å². The number of hydrogen-bond donors (Lipinski definition) is 1. The molecular formula is C15H20N3. The molecule has 1 aliphatic heterocycles.